The maximum absolute atomic E-state index is 13.9. The summed E-state index contributed by atoms with van der Waals surface area (Å²) in [7, 11) is 0. The molecule has 32 heavy (non-hydrogen) atoms. The van der Waals surface area contributed by atoms with E-state index in [4.69, 9.17) is 4.52 Å². The van der Waals surface area contributed by atoms with Crippen molar-refractivity contribution in [2.24, 2.45) is 0 Å². The zero-order valence-corrected chi connectivity index (χ0v) is 18.3. The number of fused-ring (bicyclic) bond motifs is 1. The molecule has 0 aliphatic carbocycles. The zero-order chi connectivity index (χ0) is 23.0. The highest BCUT2D eigenvalue weighted by Crippen LogP contribution is 2.40. The number of nitrogens with zero attached hydrogens (tertiary/aromatic N) is 5. The Kier molecular flexibility index (Phi) is 5.96. The van der Waals surface area contributed by atoms with Crippen LogP contribution >= 0.6 is 0 Å². The molecule has 1 aliphatic heterocycles. The number of likely N-dealkylation sites (tertiary alicyclic amines) is 1. The van der Waals surface area contributed by atoms with E-state index in [-0.39, 0.29) is 47.0 Å². The van der Waals surface area contributed by atoms with Crippen molar-refractivity contribution in [2.45, 2.75) is 64.1 Å². The van der Waals surface area contributed by atoms with E-state index in [1.807, 2.05) is 11.5 Å². The van der Waals surface area contributed by atoms with Gasteiger partial charge in [-0.1, -0.05) is 19.0 Å². The molecule has 0 bridgehead atoms. The van der Waals surface area contributed by atoms with Gasteiger partial charge < -0.3 is 14.0 Å². The summed E-state index contributed by atoms with van der Waals surface area (Å²) in [5.41, 5.74) is -0.341. The number of amides is 1. The lowest BCUT2D eigenvalue weighted by Gasteiger charge is -2.33. The molecule has 3 aromatic rings. The second-order valence-electron chi connectivity index (χ2n) is 8.74. The molecule has 1 amide bonds. The fourth-order valence-electron chi connectivity index (χ4n) is 4.23. The molecule has 0 radical (unpaired) electrons. The number of hydrogen-bond acceptors (Lipinski definition) is 5. The first-order chi connectivity index (χ1) is 15.1. The van der Waals surface area contributed by atoms with E-state index in [0.29, 0.717) is 31.6 Å². The molecule has 4 heterocycles. The molecule has 10 heteroatoms. The van der Waals surface area contributed by atoms with Crippen LogP contribution in [0.4, 0.5) is 13.2 Å². The number of carbonyl (C=O) groups excluding carboxylic acids is 1. The number of aromatic nitrogens is 4. The zero-order valence-electron chi connectivity index (χ0n) is 18.3. The molecular formula is C22H26F3N5O2. The Morgan fingerprint density at radius 1 is 1.31 bits per heavy atom. The number of imidazole rings is 1. The Labute approximate surface area is 183 Å². The number of piperidine rings is 1. The molecule has 0 N–H and O–H groups in total. The second-order valence-corrected chi connectivity index (χ2v) is 8.74. The van der Waals surface area contributed by atoms with Gasteiger partial charge in [0.2, 0.25) is 5.91 Å². The molecular weight excluding hydrogens is 423 g/mol. The standard InChI is InChI=1S/C22H26F3N5O2/c1-13(2)17-10-16(22(23,24)25)19-20(28-32-21(19)27-17)15-5-4-7-29(11-15)18(31)9-14(3)30-8-6-26-12-30/h6,8,10,12-15H,4-5,7,9,11H2,1-3H3/t14-,15+/m0/s1. The highest BCUT2D eigenvalue weighted by atomic mass is 19.4. The lowest BCUT2D eigenvalue weighted by Crippen LogP contribution is -2.40. The number of alkyl halides is 3. The first kappa shape index (κ1) is 22.3. The fraction of sp³-hybridized carbons (Fsp3) is 0.545. The summed E-state index contributed by atoms with van der Waals surface area (Å²) in [4.78, 5) is 22.9. The highest BCUT2D eigenvalue weighted by Gasteiger charge is 2.38. The summed E-state index contributed by atoms with van der Waals surface area (Å²) in [5.74, 6) is -0.570. The Morgan fingerprint density at radius 3 is 2.75 bits per heavy atom. The quantitative estimate of drug-likeness (QED) is 0.553. The molecule has 0 aromatic carbocycles. The molecule has 1 aliphatic rings. The van der Waals surface area contributed by atoms with E-state index in [9.17, 15) is 18.0 Å². The lowest BCUT2D eigenvalue weighted by atomic mass is 9.91. The Hall–Kier alpha value is -2.91. The molecule has 4 rings (SSSR count). The Morgan fingerprint density at radius 2 is 2.09 bits per heavy atom. The molecule has 0 spiro atoms. The van der Waals surface area contributed by atoms with Crippen molar-refractivity contribution in [3.8, 4) is 0 Å². The first-order valence-corrected chi connectivity index (χ1v) is 10.8. The summed E-state index contributed by atoms with van der Waals surface area (Å²) >= 11 is 0. The van der Waals surface area contributed by atoms with E-state index >= 15 is 0 Å². The molecule has 2 atom stereocenters. The summed E-state index contributed by atoms with van der Waals surface area (Å²) < 4.78 is 48.8. The Balaban J connectivity index is 1.60. The van der Waals surface area contributed by atoms with Crippen LogP contribution in [0.5, 0.6) is 0 Å². The Bertz CT molecular complexity index is 1090. The topological polar surface area (TPSA) is 77.0 Å². The predicted molar refractivity (Wildman–Crippen MR) is 111 cm³/mol. The molecule has 1 fully saturated rings. The van der Waals surface area contributed by atoms with Gasteiger partial charge in [0.05, 0.1) is 23.0 Å². The number of rotatable bonds is 5. The fourth-order valence-corrected chi connectivity index (χ4v) is 4.23. The molecule has 7 nitrogen and oxygen atoms in total. The van der Waals surface area contributed by atoms with Crippen LogP contribution in [0, 0.1) is 0 Å². The van der Waals surface area contributed by atoms with Crippen molar-refractivity contribution in [3.63, 3.8) is 0 Å². The molecule has 0 saturated carbocycles. The van der Waals surface area contributed by atoms with Crippen LogP contribution in [-0.4, -0.2) is 43.6 Å². The number of halogens is 3. The minimum Gasteiger partial charge on any atom is -0.342 e. The van der Waals surface area contributed by atoms with Gasteiger partial charge in [-0.15, -0.1) is 0 Å². The molecule has 3 aromatic heterocycles. The summed E-state index contributed by atoms with van der Waals surface area (Å²) in [6, 6.07) is 1.03. The predicted octanol–water partition coefficient (Wildman–Crippen LogP) is 4.92. The number of carbonyl (C=O) groups is 1. The second kappa shape index (κ2) is 8.55. The maximum Gasteiger partial charge on any atom is 0.417 e. The minimum absolute atomic E-state index is 0.0417. The van der Waals surface area contributed by atoms with Gasteiger partial charge in [0, 0.05) is 49.6 Å². The maximum atomic E-state index is 13.9. The van der Waals surface area contributed by atoms with Gasteiger partial charge in [-0.3, -0.25) is 4.79 Å². The van der Waals surface area contributed by atoms with Crippen molar-refractivity contribution in [1.29, 1.82) is 0 Å². The average molecular weight is 449 g/mol. The molecule has 172 valence electrons. The van der Waals surface area contributed by atoms with Crippen molar-refractivity contribution in [3.05, 3.63) is 41.7 Å². The SMILES string of the molecule is CC(C)c1cc(C(F)(F)F)c2c([C@@H]3CCCN(C(=O)C[C@H](C)n4ccnc4)C3)noc2n1. The van der Waals surface area contributed by atoms with Gasteiger partial charge in [0.25, 0.3) is 5.71 Å². The third-order valence-corrected chi connectivity index (χ3v) is 6.05. The number of hydrogen-bond donors (Lipinski definition) is 0. The average Bonchev–Trinajstić information content (AvgIpc) is 3.42. The van der Waals surface area contributed by atoms with E-state index in [1.165, 1.54) is 0 Å². The van der Waals surface area contributed by atoms with Gasteiger partial charge in [0.15, 0.2) is 0 Å². The molecule has 0 unspecified atom stereocenters. The highest BCUT2D eigenvalue weighted by molar-refractivity contribution is 5.82. The van der Waals surface area contributed by atoms with E-state index in [1.54, 1.807) is 37.5 Å². The lowest BCUT2D eigenvalue weighted by molar-refractivity contribution is -0.136. The van der Waals surface area contributed by atoms with Crippen molar-refractivity contribution < 1.29 is 22.5 Å². The van der Waals surface area contributed by atoms with Crippen LogP contribution in [0.15, 0.2) is 29.3 Å². The third-order valence-electron chi connectivity index (χ3n) is 6.05. The van der Waals surface area contributed by atoms with Gasteiger partial charge in [-0.05, 0) is 31.7 Å². The van der Waals surface area contributed by atoms with E-state index in [2.05, 4.69) is 15.1 Å². The van der Waals surface area contributed by atoms with Crippen molar-refractivity contribution in [1.82, 2.24) is 24.6 Å². The van der Waals surface area contributed by atoms with Crippen molar-refractivity contribution in [2.75, 3.05) is 13.1 Å². The van der Waals surface area contributed by atoms with Gasteiger partial charge in [0.1, 0.15) is 0 Å². The first-order valence-electron chi connectivity index (χ1n) is 10.8. The smallest absolute Gasteiger partial charge is 0.342 e. The normalized spacial score (nSPS) is 18.5. The van der Waals surface area contributed by atoms with E-state index < -0.39 is 11.7 Å². The van der Waals surface area contributed by atoms with Crippen LogP contribution in [0.2, 0.25) is 0 Å². The monoisotopic (exact) mass is 449 g/mol. The minimum atomic E-state index is -4.56. The van der Waals surface area contributed by atoms with Gasteiger partial charge in [-0.2, -0.15) is 13.2 Å². The van der Waals surface area contributed by atoms with Gasteiger partial charge in [-0.25, -0.2) is 9.97 Å². The van der Waals surface area contributed by atoms with Crippen molar-refractivity contribution >= 4 is 17.0 Å². The third kappa shape index (κ3) is 4.35. The van der Waals surface area contributed by atoms with E-state index in [0.717, 1.165) is 6.07 Å². The summed E-state index contributed by atoms with van der Waals surface area (Å²) in [6.07, 6.45) is 2.16. The van der Waals surface area contributed by atoms with Crippen LogP contribution in [0.3, 0.4) is 0 Å². The van der Waals surface area contributed by atoms with Crippen LogP contribution < -0.4 is 0 Å². The largest absolute Gasteiger partial charge is 0.417 e. The molecule has 1 saturated heterocycles. The van der Waals surface area contributed by atoms with Crippen LogP contribution in [0.25, 0.3) is 11.1 Å². The van der Waals surface area contributed by atoms with Crippen LogP contribution in [0.1, 0.15) is 74.9 Å². The number of pyridine rings is 1. The summed E-state index contributed by atoms with van der Waals surface area (Å²) in [6.45, 7) is 6.37. The van der Waals surface area contributed by atoms with Crippen LogP contribution in [-0.2, 0) is 11.0 Å². The van der Waals surface area contributed by atoms with Gasteiger partial charge >= 0.3 is 6.18 Å². The summed E-state index contributed by atoms with van der Waals surface area (Å²) in [5, 5.41) is 3.91.